The molecule has 1 amide bonds. The van der Waals surface area contributed by atoms with Gasteiger partial charge in [0.2, 0.25) is 5.91 Å². The first kappa shape index (κ1) is 20.0. The highest BCUT2D eigenvalue weighted by atomic mass is 32.2. The molecule has 4 rings (SSSR count). The molecule has 0 radical (unpaired) electrons. The SMILES string of the molecule is O=C1CCc2cc(NS(=O)(=O)c3c(F)cccc3F)ccc2N1Cc1ccccc1. The molecule has 1 N–H and O–H groups in total. The van der Waals surface area contributed by atoms with Crippen molar-refractivity contribution in [2.75, 3.05) is 9.62 Å². The van der Waals surface area contributed by atoms with Crippen LogP contribution in [0.3, 0.4) is 0 Å². The summed E-state index contributed by atoms with van der Waals surface area (Å²) in [5, 5.41) is 0. The molecular formula is C22H18F2N2O3S. The lowest BCUT2D eigenvalue weighted by Gasteiger charge is -2.30. The fourth-order valence-electron chi connectivity index (χ4n) is 3.51. The van der Waals surface area contributed by atoms with Gasteiger partial charge in [0.1, 0.15) is 11.6 Å². The van der Waals surface area contributed by atoms with Crippen LogP contribution in [0.15, 0.2) is 71.6 Å². The van der Waals surface area contributed by atoms with Crippen molar-refractivity contribution in [3.8, 4) is 0 Å². The summed E-state index contributed by atoms with van der Waals surface area (Å²) in [6, 6.07) is 17.1. The first-order valence-corrected chi connectivity index (χ1v) is 10.8. The number of anilines is 2. The molecular weight excluding hydrogens is 410 g/mol. The van der Waals surface area contributed by atoms with Crippen LogP contribution >= 0.6 is 0 Å². The number of carbonyl (C=O) groups is 1. The van der Waals surface area contributed by atoms with E-state index < -0.39 is 26.6 Å². The van der Waals surface area contributed by atoms with Gasteiger partial charge in [0.15, 0.2) is 4.90 Å². The molecule has 1 aliphatic heterocycles. The first-order valence-electron chi connectivity index (χ1n) is 9.29. The molecule has 30 heavy (non-hydrogen) atoms. The van der Waals surface area contributed by atoms with Crippen molar-refractivity contribution in [3.63, 3.8) is 0 Å². The van der Waals surface area contributed by atoms with E-state index in [1.807, 2.05) is 30.3 Å². The van der Waals surface area contributed by atoms with Crippen LogP contribution in [-0.2, 0) is 27.8 Å². The lowest BCUT2D eigenvalue weighted by molar-refractivity contribution is -0.119. The van der Waals surface area contributed by atoms with Gasteiger partial charge >= 0.3 is 0 Å². The number of nitrogens with zero attached hydrogens (tertiary/aromatic N) is 1. The van der Waals surface area contributed by atoms with Gasteiger partial charge in [0.05, 0.1) is 6.54 Å². The molecule has 0 aromatic heterocycles. The number of sulfonamides is 1. The van der Waals surface area contributed by atoms with Crippen molar-refractivity contribution in [1.82, 2.24) is 0 Å². The highest BCUT2D eigenvalue weighted by Crippen LogP contribution is 2.32. The number of fused-ring (bicyclic) bond motifs is 1. The smallest absolute Gasteiger partial charge is 0.267 e. The second-order valence-electron chi connectivity index (χ2n) is 6.97. The Morgan fingerprint density at radius 3 is 2.30 bits per heavy atom. The molecule has 0 spiro atoms. The summed E-state index contributed by atoms with van der Waals surface area (Å²) in [6.45, 7) is 0.401. The minimum Gasteiger partial charge on any atom is -0.308 e. The van der Waals surface area contributed by atoms with Crippen molar-refractivity contribution in [1.29, 1.82) is 0 Å². The molecule has 0 fully saturated rings. The predicted octanol–water partition coefficient (Wildman–Crippen LogP) is 4.25. The molecule has 1 aliphatic rings. The molecule has 3 aromatic carbocycles. The van der Waals surface area contributed by atoms with E-state index in [0.29, 0.717) is 18.7 Å². The minimum absolute atomic E-state index is 0.0203. The zero-order chi connectivity index (χ0) is 21.3. The fourth-order valence-corrected chi connectivity index (χ4v) is 4.70. The van der Waals surface area contributed by atoms with Gasteiger partial charge in [0.25, 0.3) is 10.0 Å². The zero-order valence-electron chi connectivity index (χ0n) is 15.8. The Kier molecular flexibility index (Phi) is 5.26. The number of benzene rings is 3. The van der Waals surface area contributed by atoms with E-state index >= 15 is 0 Å². The summed E-state index contributed by atoms with van der Waals surface area (Å²) in [5.74, 6) is -2.35. The monoisotopic (exact) mass is 428 g/mol. The highest BCUT2D eigenvalue weighted by Gasteiger charge is 2.27. The maximum Gasteiger partial charge on any atom is 0.267 e. The van der Waals surface area contributed by atoms with Crippen LogP contribution in [0.25, 0.3) is 0 Å². The predicted molar refractivity (Wildman–Crippen MR) is 110 cm³/mol. The molecule has 0 aliphatic carbocycles. The van der Waals surface area contributed by atoms with Crippen molar-refractivity contribution < 1.29 is 22.0 Å². The van der Waals surface area contributed by atoms with E-state index in [1.54, 1.807) is 17.0 Å². The van der Waals surface area contributed by atoms with E-state index in [1.165, 1.54) is 6.07 Å². The molecule has 0 bridgehead atoms. The van der Waals surface area contributed by atoms with Crippen LogP contribution in [-0.4, -0.2) is 14.3 Å². The molecule has 0 saturated carbocycles. The molecule has 154 valence electrons. The lowest BCUT2D eigenvalue weighted by Crippen LogP contribution is -2.34. The summed E-state index contributed by atoms with van der Waals surface area (Å²) in [7, 11) is -4.45. The number of rotatable bonds is 5. The normalized spacial score (nSPS) is 13.8. The molecule has 3 aromatic rings. The van der Waals surface area contributed by atoms with Crippen LogP contribution in [0.2, 0.25) is 0 Å². The van der Waals surface area contributed by atoms with E-state index in [9.17, 15) is 22.0 Å². The Labute approximate surface area is 173 Å². The van der Waals surface area contributed by atoms with Crippen LogP contribution in [0, 0.1) is 11.6 Å². The molecule has 8 heteroatoms. The molecule has 0 saturated heterocycles. The molecule has 0 unspecified atom stereocenters. The number of aryl methyl sites for hydroxylation is 1. The van der Waals surface area contributed by atoms with Crippen molar-refractivity contribution in [2.24, 2.45) is 0 Å². The number of carbonyl (C=O) groups excluding carboxylic acids is 1. The Balaban J connectivity index is 1.63. The summed E-state index contributed by atoms with van der Waals surface area (Å²) >= 11 is 0. The Morgan fingerprint density at radius 2 is 1.60 bits per heavy atom. The van der Waals surface area contributed by atoms with Crippen LogP contribution in [0.5, 0.6) is 0 Å². The standard InChI is InChI=1S/C22H18F2N2O3S/c23-18-7-4-8-19(24)22(18)30(28,29)25-17-10-11-20-16(13-17)9-12-21(27)26(20)14-15-5-2-1-3-6-15/h1-8,10-11,13,25H,9,12,14H2. The fraction of sp³-hybridized carbons (Fsp3) is 0.136. The van der Waals surface area contributed by atoms with Gasteiger partial charge in [-0.15, -0.1) is 0 Å². The number of nitrogens with one attached hydrogen (secondary N) is 1. The maximum absolute atomic E-state index is 13.9. The zero-order valence-corrected chi connectivity index (χ0v) is 16.6. The van der Waals surface area contributed by atoms with E-state index in [-0.39, 0.29) is 18.0 Å². The summed E-state index contributed by atoms with van der Waals surface area (Å²) in [4.78, 5) is 13.1. The average molecular weight is 428 g/mol. The summed E-state index contributed by atoms with van der Waals surface area (Å²) in [5.41, 5.74) is 2.61. The summed E-state index contributed by atoms with van der Waals surface area (Å²) < 4.78 is 55.1. The van der Waals surface area contributed by atoms with Crippen LogP contribution in [0.1, 0.15) is 17.5 Å². The topological polar surface area (TPSA) is 66.5 Å². The average Bonchev–Trinajstić information content (AvgIpc) is 2.70. The Hall–Kier alpha value is -3.26. The van der Waals surface area contributed by atoms with Crippen molar-refractivity contribution >= 4 is 27.3 Å². The third kappa shape index (κ3) is 3.91. The quantitative estimate of drug-likeness (QED) is 0.661. The number of hydrogen-bond donors (Lipinski definition) is 1. The van der Waals surface area contributed by atoms with Crippen molar-refractivity contribution in [2.45, 2.75) is 24.3 Å². The van der Waals surface area contributed by atoms with Gasteiger partial charge in [-0.25, -0.2) is 17.2 Å². The van der Waals surface area contributed by atoms with E-state index in [2.05, 4.69) is 4.72 Å². The van der Waals surface area contributed by atoms with E-state index in [0.717, 1.165) is 29.3 Å². The Morgan fingerprint density at radius 1 is 0.900 bits per heavy atom. The van der Waals surface area contributed by atoms with Crippen LogP contribution in [0.4, 0.5) is 20.2 Å². The minimum atomic E-state index is -4.45. The van der Waals surface area contributed by atoms with Gasteiger partial charge < -0.3 is 4.90 Å². The van der Waals surface area contributed by atoms with Gasteiger partial charge in [-0.2, -0.15) is 0 Å². The van der Waals surface area contributed by atoms with Gasteiger partial charge in [0, 0.05) is 17.8 Å². The molecule has 1 heterocycles. The number of amides is 1. The summed E-state index contributed by atoms with van der Waals surface area (Å²) in [6.07, 6.45) is 0.737. The van der Waals surface area contributed by atoms with Gasteiger partial charge in [-0.1, -0.05) is 36.4 Å². The second-order valence-corrected chi connectivity index (χ2v) is 8.58. The number of halogens is 2. The first-order chi connectivity index (χ1) is 14.3. The van der Waals surface area contributed by atoms with Gasteiger partial charge in [-0.05, 0) is 47.9 Å². The largest absolute Gasteiger partial charge is 0.308 e. The second kappa shape index (κ2) is 7.87. The van der Waals surface area contributed by atoms with Crippen molar-refractivity contribution in [3.05, 3.63) is 89.5 Å². The third-order valence-electron chi connectivity index (χ3n) is 4.90. The molecule has 0 atom stereocenters. The van der Waals surface area contributed by atoms with Gasteiger partial charge in [-0.3, -0.25) is 9.52 Å². The highest BCUT2D eigenvalue weighted by molar-refractivity contribution is 7.92. The lowest BCUT2D eigenvalue weighted by atomic mass is 10.00. The molecule has 5 nitrogen and oxygen atoms in total. The maximum atomic E-state index is 13.9. The third-order valence-corrected chi connectivity index (χ3v) is 6.33. The van der Waals surface area contributed by atoms with E-state index in [4.69, 9.17) is 0 Å². The number of hydrogen-bond acceptors (Lipinski definition) is 3. The van der Waals surface area contributed by atoms with Crippen LogP contribution < -0.4 is 9.62 Å². The Bertz CT molecular complexity index is 1190.